The highest BCUT2D eigenvalue weighted by Crippen LogP contribution is 2.21. The maximum Gasteiger partial charge on any atom is 0.410 e. The van der Waals surface area contributed by atoms with Gasteiger partial charge >= 0.3 is 6.09 Å². The van der Waals surface area contributed by atoms with Gasteiger partial charge in [0.15, 0.2) is 0 Å². The molecule has 1 fully saturated rings. The summed E-state index contributed by atoms with van der Waals surface area (Å²) >= 11 is 0. The number of piperazine rings is 1. The second kappa shape index (κ2) is 6.12. The Morgan fingerprint density at radius 2 is 1.74 bits per heavy atom. The lowest BCUT2D eigenvalue weighted by Crippen LogP contribution is -2.59. The van der Waals surface area contributed by atoms with Crippen LogP contribution in [0.5, 0.6) is 0 Å². The molecule has 0 unspecified atom stereocenters. The molecule has 0 aromatic heterocycles. The van der Waals surface area contributed by atoms with Gasteiger partial charge in [-0.25, -0.2) is 4.79 Å². The largest absolute Gasteiger partial charge is 0.444 e. The maximum absolute atomic E-state index is 12.3. The van der Waals surface area contributed by atoms with Gasteiger partial charge in [-0.3, -0.25) is 4.90 Å². The predicted octanol–water partition coefficient (Wildman–Crippen LogP) is 2.97. The molecular formula is C15H30N2O2. The molecule has 0 aliphatic carbocycles. The first kappa shape index (κ1) is 16.3. The first-order valence-electron chi connectivity index (χ1n) is 7.35. The third-order valence-corrected chi connectivity index (χ3v) is 3.58. The number of carbonyl (C=O) groups is 1. The molecule has 1 amide bonds. The summed E-state index contributed by atoms with van der Waals surface area (Å²) in [4.78, 5) is 16.6. The minimum Gasteiger partial charge on any atom is -0.444 e. The number of ether oxygens (including phenoxy) is 1. The van der Waals surface area contributed by atoms with Crippen molar-refractivity contribution in [1.82, 2.24) is 9.80 Å². The quantitative estimate of drug-likeness (QED) is 0.773. The Labute approximate surface area is 118 Å². The second-order valence-corrected chi connectivity index (χ2v) is 7.07. The number of rotatable bonds is 2. The number of nitrogens with zero attached hydrogens (tertiary/aromatic N) is 2. The summed E-state index contributed by atoms with van der Waals surface area (Å²) in [5, 5.41) is 0. The molecule has 1 rings (SSSR count). The van der Waals surface area contributed by atoms with E-state index in [4.69, 9.17) is 4.74 Å². The van der Waals surface area contributed by atoms with Crippen molar-refractivity contribution >= 4 is 6.09 Å². The topological polar surface area (TPSA) is 32.8 Å². The fraction of sp³-hybridized carbons (Fsp3) is 0.933. The molecule has 0 aromatic carbocycles. The highest BCUT2D eigenvalue weighted by atomic mass is 16.6. The highest BCUT2D eigenvalue weighted by Gasteiger charge is 2.35. The fourth-order valence-corrected chi connectivity index (χ4v) is 2.42. The smallest absolute Gasteiger partial charge is 0.410 e. The van der Waals surface area contributed by atoms with Crippen LogP contribution >= 0.6 is 0 Å². The molecule has 1 aliphatic heterocycles. The van der Waals surface area contributed by atoms with Crippen LogP contribution in [0.2, 0.25) is 0 Å². The Balaban J connectivity index is 2.74. The van der Waals surface area contributed by atoms with Crippen LogP contribution in [0.25, 0.3) is 0 Å². The summed E-state index contributed by atoms with van der Waals surface area (Å²) in [7, 11) is 0. The van der Waals surface area contributed by atoms with Crippen LogP contribution in [0.4, 0.5) is 4.79 Å². The third-order valence-electron chi connectivity index (χ3n) is 3.58. The molecular weight excluding hydrogens is 240 g/mol. The van der Waals surface area contributed by atoms with Crippen molar-refractivity contribution in [1.29, 1.82) is 0 Å². The average Bonchev–Trinajstić information content (AvgIpc) is 2.25. The summed E-state index contributed by atoms with van der Waals surface area (Å²) in [6, 6.07) is 0.771. The number of hydrogen-bond donors (Lipinski definition) is 0. The van der Waals surface area contributed by atoms with E-state index in [0.717, 1.165) is 19.6 Å². The number of hydrogen-bond acceptors (Lipinski definition) is 3. The molecule has 0 radical (unpaired) electrons. The van der Waals surface area contributed by atoms with Gasteiger partial charge in [-0.05, 0) is 40.5 Å². The molecule has 4 nitrogen and oxygen atoms in total. The molecule has 0 bridgehead atoms. The van der Waals surface area contributed by atoms with E-state index in [1.165, 1.54) is 0 Å². The van der Waals surface area contributed by atoms with Crippen LogP contribution in [0, 0.1) is 5.92 Å². The fourth-order valence-electron chi connectivity index (χ4n) is 2.42. The van der Waals surface area contributed by atoms with Crippen molar-refractivity contribution in [3.8, 4) is 0 Å². The van der Waals surface area contributed by atoms with Crippen molar-refractivity contribution in [2.45, 2.75) is 66.2 Å². The zero-order chi connectivity index (χ0) is 14.8. The van der Waals surface area contributed by atoms with E-state index in [1.54, 1.807) is 0 Å². The van der Waals surface area contributed by atoms with Gasteiger partial charge in [0.2, 0.25) is 0 Å². The Kier molecular flexibility index (Phi) is 5.25. The van der Waals surface area contributed by atoms with E-state index >= 15 is 0 Å². The molecule has 0 N–H and O–H groups in total. The summed E-state index contributed by atoms with van der Waals surface area (Å²) < 4.78 is 5.52. The van der Waals surface area contributed by atoms with E-state index in [9.17, 15) is 4.79 Å². The SMILES string of the molecule is CC(C)[C@@H]1CN(C(C)C)CCN1C(=O)OC(C)(C)C. The Bertz CT molecular complexity index is 308. The minimum absolute atomic E-state index is 0.172. The van der Waals surface area contributed by atoms with Crippen LogP contribution in [0.1, 0.15) is 48.5 Å². The normalized spacial score (nSPS) is 22.2. The summed E-state index contributed by atoms with van der Waals surface area (Å²) in [5.74, 6) is 0.439. The van der Waals surface area contributed by atoms with Gasteiger partial charge in [-0.1, -0.05) is 13.8 Å². The maximum atomic E-state index is 12.3. The lowest BCUT2D eigenvalue weighted by atomic mass is 9.99. The van der Waals surface area contributed by atoms with Gasteiger partial charge in [0.05, 0.1) is 6.04 Å². The molecule has 1 atom stereocenters. The molecule has 112 valence electrons. The molecule has 19 heavy (non-hydrogen) atoms. The van der Waals surface area contributed by atoms with Gasteiger partial charge in [-0.15, -0.1) is 0 Å². The van der Waals surface area contributed by atoms with Crippen LogP contribution in [-0.4, -0.2) is 53.2 Å². The zero-order valence-electron chi connectivity index (χ0n) is 13.6. The van der Waals surface area contributed by atoms with Crippen molar-refractivity contribution in [2.75, 3.05) is 19.6 Å². The molecule has 4 heteroatoms. The highest BCUT2D eigenvalue weighted by molar-refractivity contribution is 5.68. The van der Waals surface area contributed by atoms with Crippen LogP contribution in [-0.2, 0) is 4.74 Å². The molecule has 1 saturated heterocycles. The van der Waals surface area contributed by atoms with Crippen molar-refractivity contribution < 1.29 is 9.53 Å². The summed E-state index contributed by atoms with van der Waals surface area (Å²) in [5.41, 5.74) is -0.423. The number of carbonyl (C=O) groups excluding carboxylic acids is 1. The van der Waals surface area contributed by atoms with E-state index in [2.05, 4.69) is 32.6 Å². The van der Waals surface area contributed by atoms with Gasteiger partial charge < -0.3 is 9.64 Å². The Morgan fingerprint density at radius 1 is 1.16 bits per heavy atom. The van der Waals surface area contributed by atoms with Crippen LogP contribution in [0.15, 0.2) is 0 Å². The first-order chi connectivity index (χ1) is 8.61. The zero-order valence-corrected chi connectivity index (χ0v) is 13.6. The van der Waals surface area contributed by atoms with Gasteiger partial charge in [0.1, 0.15) is 5.60 Å². The molecule has 1 aliphatic rings. The molecule has 0 spiro atoms. The van der Waals surface area contributed by atoms with Crippen LogP contribution < -0.4 is 0 Å². The van der Waals surface area contributed by atoms with Gasteiger partial charge in [0, 0.05) is 25.7 Å². The van der Waals surface area contributed by atoms with E-state index in [-0.39, 0.29) is 12.1 Å². The van der Waals surface area contributed by atoms with Crippen molar-refractivity contribution in [3.05, 3.63) is 0 Å². The third kappa shape index (κ3) is 4.68. The summed E-state index contributed by atoms with van der Waals surface area (Å²) in [6.45, 7) is 17.1. The second-order valence-electron chi connectivity index (χ2n) is 7.07. The number of amides is 1. The molecule has 1 heterocycles. The predicted molar refractivity (Wildman–Crippen MR) is 78.3 cm³/mol. The lowest BCUT2D eigenvalue weighted by Gasteiger charge is -2.44. The van der Waals surface area contributed by atoms with Crippen molar-refractivity contribution in [2.24, 2.45) is 5.92 Å². The first-order valence-corrected chi connectivity index (χ1v) is 7.35. The Hall–Kier alpha value is -0.770. The lowest BCUT2D eigenvalue weighted by molar-refractivity contribution is -0.0139. The summed E-state index contributed by atoms with van der Waals surface area (Å²) in [6.07, 6.45) is -0.172. The Morgan fingerprint density at radius 3 is 2.16 bits per heavy atom. The van der Waals surface area contributed by atoms with Gasteiger partial charge in [-0.2, -0.15) is 0 Å². The molecule has 0 aromatic rings. The van der Waals surface area contributed by atoms with E-state index in [0.29, 0.717) is 12.0 Å². The van der Waals surface area contributed by atoms with Crippen LogP contribution in [0.3, 0.4) is 0 Å². The van der Waals surface area contributed by atoms with E-state index < -0.39 is 5.60 Å². The van der Waals surface area contributed by atoms with Crippen molar-refractivity contribution in [3.63, 3.8) is 0 Å². The standard InChI is InChI=1S/C15H30N2O2/c1-11(2)13-10-16(12(3)4)8-9-17(13)14(18)19-15(5,6)7/h11-13H,8-10H2,1-7H3/t13-/m0/s1. The average molecular weight is 270 g/mol. The van der Waals surface area contributed by atoms with E-state index in [1.807, 2.05) is 25.7 Å². The minimum atomic E-state index is -0.423. The monoisotopic (exact) mass is 270 g/mol. The van der Waals surface area contributed by atoms with Gasteiger partial charge in [0.25, 0.3) is 0 Å². The molecule has 0 saturated carbocycles.